The van der Waals surface area contributed by atoms with Gasteiger partial charge in [-0.25, -0.2) is 0 Å². The first-order chi connectivity index (χ1) is 11.9. The smallest absolute Gasteiger partial charge is 0.277 e. The summed E-state index contributed by atoms with van der Waals surface area (Å²) in [6, 6.07) is 15.6. The zero-order chi connectivity index (χ0) is 18.1. The molecule has 0 aliphatic carbocycles. The third kappa shape index (κ3) is 3.20. The number of nitrogens with one attached hydrogen (secondary N) is 1. The van der Waals surface area contributed by atoms with Crippen molar-refractivity contribution in [1.29, 1.82) is 0 Å². The Hall–Kier alpha value is -2.88. The van der Waals surface area contributed by atoms with Crippen LogP contribution in [0.1, 0.15) is 36.5 Å². The number of imide groups is 1. The Balaban J connectivity index is 2.00. The van der Waals surface area contributed by atoms with Gasteiger partial charge in [0.05, 0.1) is 5.57 Å². The molecule has 0 unspecified atom stereocenters. The van der Waals surface area contributed by atoms with Crippen LogP contribution in [-0.4, -0.2) is 23.8 Å². The lowest BCUT2D eigenvalue weighted by molar-refractivity contribution is -0.135. The summed E-state index contributed by atoms with van der Waals surface area (Å²) in [5.41, 5.74) is 4.61. The van der Waals surface area contributed by atoms with Crippen LogP contribution in [0.4, 0.5) is 5.69 Å². The molecule has 1 aliphatic heterocycles. The number of anilines is 1. The number of likely N-dealkylation sites (N-methyl/N-ethyl adjacent to an activating group) is 1. The maximum Gasteiger partial charge on any atom is 0.277 e. The van der Waals surface area contributed by atoms with Crippen LogP contribution >= 0.6 is 0 Å². The fraction of sp³-hybridized carbons (Fsp3) is 0.238. The van der Waals surface area contributed by atoms with E-state index < -0.39 is 0 Å². The molecule has 0 fully saturated rings. The van der Waals surface area contributed by atoms with E-state index in [0.717, 1.165) is 21.7 Å². The zero-order valence-electron chi connectivity index (χ0n) is 15.0. The van der Waals surface area contributed by atoms with Gasteiger partial charge in [0.25, 0.3) is 11.8 Å². The molecule has 0 atom stereocenters. The van der Waals surface area contributed by atoms with Crippen LogP contribution in [0.15, 0.2) is 54.2 Å². The van der Waals surface area contributed by atoms with E-state index in [9.17, 15) is 9.59 Å². The molecule has 0 radical (unpaired) electrons. The molecule has 0 bridgehead atoms. The fourth-order valence-electron chi connectivity index (χ4n) is 2.84. The van der Waals surface area contributed by atoms with Crippen LogP contribution in [0, 0.1) is 6.92 Å². The van der Waals surface area contributed by atoms with Crippen molar-refractivity contribution < 1.29 is 9.59 Å². The third-order valence-corrected chi connectivity index (χ3v) is 4.47. The fourth-order valence-corrected chi connectivity index (χ4v) is 2.84. The van der Waals surface area contributed by atoms with Gasteiger partial charge in [-0.05, 0) is 36.1 Å². The number of hydrogen-bond acceptors (Lipinski definition) is 3. The van der Waals surface area contributed by atoms with Crippen LogP contribution in [0.5, 0.6) is 0 Å². The summed E-state index contributed by atoms with van der Waals surface area (Å²) >= 11 is 0. The number of carbonyl (C=O) groups excluding carboxylic acids is 2. The van der Waals surface area contributed by atoms with Crippen molar-refractivity contribution in [3.05, 3.63) is 70.9 Å². The maximum atomic E-state index is 12.6. The number of nitrogens with zero attached hydrogens (tertiary/aromatic N) is 1. The highest BCUT2D eigenvalue weighted by Gasteiger charge is 2.36. The van der Waals surface area contributed by atoms with Gasteiger partial charge in [0, 0.05) is 12.7 Å². The molecule has 25 heavy (non-hydrogen) atoms. The molecule has 128 valence electrons. The number of carbonyl (C=O) groups is 2. The normalized spacial score (nSPS) is 14.7. The average molecular weight is 334 g/mol. The lowest BCUT2D eigenvalue weighted by atomic mass is 10.0. The molecule has 0 saturated carbocycles. The van der Waals surface area contributed by atoms with Crippen molar-refractivity contribution in [3.63, 3.8) is 0 Å². The van der Waals surface area contributed by atoms with Gasteiger partial charge >= 0.3 is 0 Å². The van der Waals surface area contributed by atoms with Crippen LogP contribution in [-0.2, 0) is 9.59 Å². The predicted octanol–water partition coefficient (Wildman–Crippen LogP) is 3.94. The molecule has 2 aromatic rings. The molecule has 2 aromatic carbocycles. The first kappa shape index (κ1) is 17.0. The van der Waals surface area contributed by atoms with Gasteiger partial charge < -0.3 is 5.32 Å². The second-order valence-electron chi connectivity index (χ2n) is 6.69. The van der Waals surface area contributed by atoms with Crippen molar-refractivity contribution in [2.45, 2.75) is 26.7 Å². The summed E-state index contributed by atoms with van der Waals surface area (Å²) < 4.78 is 0. The molecular formula is C21H22N2O2. The summed E-state index contributed by atoms with van der Waals surface area (Å²) in [7, 11) is 1.51. The van der Waals surface area contributed by atoms with E-state index in [0.29, 0.717) is 17.2 Å². The van der Waals surface area contributed by atoms with Crippen molar-refractivity contribution in [3.8, 4) is 0 Å². The standard InChI is InChI=1S/C21H22N2O2/c1-13(2)15-9-11-17(12-10-15)22-19-18(20(24)23(4)21(19)25)16-7-5-14(3)6-8-16/h5-13,22H,1-4H3. The van der Waals surface area contributed by atoms with Crippen molar-refractivity contribution >= 4 is 23.1 Å². The average Bonchev–Trinajstić information content (AvgIpc) is 2.80. The van der Waals surface area contributed by atoms with Crippen LogP contribution in [0.2, 0.25) is 0 Å². The van der Waals surface area contributed by atoms with Crippen LogP contribution in [0.25, 0.3) is 5.57 Å². The minimum atomic E-state index is -0.312. The van der Waals surface area contributed by atoms with Gasteiger partial charge in [0.2, 0.25) is 0 Å². The lowest BCUT2D eigenvalue weighted by Crippen LogP contribution is -2.27. The van der Waals surface area contributed by atoms with E-state index in [4.69, 9.17) is 0 Å². The molecule has 2 amide bonds. The number of rotatable bonds is 4. The molecule has 1 aliphatic rings. The molecule has 0 spiro atoms. The quantitative estimate of drug-likeness (QED) is 0.862. The summed E-state index contributed by atoms with van der Waals surface area (Å²) in [6.07, 6.45) is 0. The Kier molecular flexibility index (Phi) is 4.45. The predicted molar refractivity (Wildman–Crippen MR) is 100 cm³/mol. The zero-order valence-corrected chi connectivity index (χ0v) is 15.0. The third-order valence-electron chi connectivity index (χ3n) is 4.47. The second kappa shape index (κ2) is 6.55. The molecule has 1 N–H and O–H groups in total. The molecule has 3 rings (SSSR count). The van der Waals surface area contributed by atoms with Crippen LogP contribution in [0.3, 0.4) is 0 Å². The minimum absolute atomic E-state index is 0.282. The van der Waals surface area contributed by atoms with Crippen molar-refractivity contribution in [1.82, 2.24) is 4.90 Å². The van der Waals surface area contributed by atoms with E-state index >= 15 is 0 Å². The largest absolute Gasteiger partial charge is 0.350 e. The minimum Gasteiger partial charge on any atom is -0.350 e. The van der Waals surface area contributed by atoms with Crippen molar-refractivity contribution in [2.24, 2.45) is 0 Å². The lowest BCUT2D eigenvalue weighted by Gasteiger charge is -2.11. The van der Waals surface area contributed by atoms with Gasteiger partial charge in [-0.2, -0.15) is 0 Å². The van der Waals surface area contributed by atoms with Gasteiger partial charge in [-0.15, -0.1) is 0 Å². The monoisotopic (exact) mass is 334 g/mol. The first-order valence-electron chi connectivity index (χ1n) is 8.39. The van der Waals surface area contributed by atoms with E-state index in [-0.39, 0.29) is 11.8 Å². The van der Waals surface area contributed by atoms with E-state index in [1.165, 1.54) is 12.6 Å². The Morgan fingerprint density at radius 1 is 0.880 bits per heavy atom. The molecular weight excluding hydrogens is 312 g/mol. The highest BCUT2D eigenvalue weighted by atomic mass is 16.2. The Labute approximate surface area is 148 Å². The topological polar surface area (TPSA) is 49.4 Å². The van der Waals surface area contributed by atoms with Gasteiger partial charge in [0.1, 0.15) is 5.70 Å². The summed E-state index contributed by atoms with van der Waals surface area (Å²) in [6.45, 7) is 6.25. The summed E-state index contributed by atoms with van der Waals surface area (Å²) in [5, 5.41) is 3.15. The van der Waals surface area contributed by atoms with E-state index in [1.54, 1.807) is 0 Å². The van der Waals surface area contributed by atoms with Gasteiger partial charge in [-0.3, -0.25) is 14.5 Å². The van der Waals surface area contributed by atoms with Gasteiger partial charge in [0.15, 0.2) is 0 Å². The molecule has 4 nitrogen and oxygen atoms in total. The van der Waals surface area contributed by atoms with E-state index in [2.05, 4.69) is 19.2 Å². The Bertz CT molecular complexity index is 846. The number of aryl methyl sites for hydroxylation is 1. The summed E-state index contributed by atoms with van der Waals surface area (Å²) in [4.78, 5) is 26.2. The second-order valence-corrected chi connectivity index (χ2v) is 6.69. The Morgan fingerprint density at radius 2 is 1.48 bits per heavy atom. The Morgan fingerprint density at radius 3 is 2.04 bits per heavy atom. The molecule has 0 aromatic heterocycles. The SMILES string of the molecule is Cc1ccc(C2=C(Nc3ccc(C(C)C)cc3)C(=O)N(C)C2=O)cc1. The highest BCUT2D eigenvalue weighted by Crippen LogP contribution is 2.30. The first-order valence-corrected chi connectivity index (χ1v) is 8.39. The maximum absolute atomic E-state index is 12.6. The number of benzene rings is 2. The summed E-state index contributed by atoms with van der Waals surface area (Å²) in [5.74, 6) is -0.152. The highest BCUT2D eigenvalue weighted by molar-refractivity contribution is 6.36. The number of amides is 2. The van der Waals surface area contributed by atoms with Crippen molar-refractivity contribution in [2.75, 3.05) is 12.4 Å². The van der Waals surface area contributed by atoms with Gasteiger partial charge in [-0.1, -0.05) is 55.8 Å². The molecule has 0 saturated heterocycles. The molecule has 4 heteroatoms. The van der Waals surface area contributed by atoms with Crippen LogP contribution < -0.4 is 5.32 Å². The van der Waals surface area contributed by atoms with E-state index in [1.807, 2.05) is 55.5 Å². The molecule has 1 heterocycles. The number of hydrogen-bond donors (Lipinski definition) is 1.